The average Bonchev–Trinajstić information content (AvgIpc) is 3.05. The number of piperidine rings is 1. The van der Waals surface area contributed by atoms with Crippen molar-refractivity contribution < 1.29 is 4.79 Å². The minimum atomic E-state index is 0.276. The third-order valence-electron chi connectivity index (χ3n) is 4.88. The molecule has 1 N–H and O–H groups in total. The lowest BCUT2D eigenvalue weighted by atomic mass is 9.89. The minimum Gasteiger partial charge on any atom is -0.335 e. The zero-order valence-corrected chi connectivity index (χ0v) is 13.9. The van der Waals surface area contributed by atoms with Gasteiger partial charge in [0.05, 0.1) is 6.54 Å². The second kappa shape index (κ2) is 6.49. The van der Waals surface area contributed by atoms with Gasteiger partial charge in [-0.1, -0.05) is 6.07 Å². The molecule has 0 saturated carbocycles. The van der Waals surface area contributed by atoms with Crippen LogP contribution >= 0.6 is 11.3 Å². The predicted molar refractivity (Wildman–Crippen MR) is 87.3 cm³/mol. The highest BCUT2D eigenvalue weighted by Gasteiger charge is 2.35. The monoisotopic (exact) mass is 306 g/mol. The van der Waals surface area contributed by atoms with Crippen molar-refractivity contribution in [1.29, 1.82) is 0 Å². The molecule has 2 bridgehead atoms. The van der Waals surface area contributed by atoms with E-state index < -0.39 is 0 Å². The third-order valence-corrected chi connectivity index (χ3v) is 5.75. The molecule has 1 amide bonds. The van der Waals surface area contributed by atoms with E-state index in [-0.39, 0.29) is 6.04 Å². The Bertz CT molecular complexity index is 459. The first kappa shape index (κ1) is 15.0. The van der Waals surface area contributed by atoms with Crippen molar-refractivity contribution in [1.82, 2.24) is 10.2 Å². The van der Waals surface area contributed by atoms with Gasteiger partial charge in [0.2, 0.25) is 5.91 Å². The summed E-state index contributed by atoms with van der Waals surface area (Å²) in [5.74, 6) is 0.922. The summed E-state index contributed by atoms with van der Waals surface area (Å²) < 4.78 is 0. The summed E-state index contributed by atoms with van der Waals surface area (Å²) >= 11 is 1.74. The van der Waals surface area contributed by atoms with Crippen LogP contribution in [-0.2, 0) is 11.3 Å². The minimum absolute atomic E-state index is 0.276. The Balaban J connectivity index is 1.59. The number of rotatable bonds is 5. The van der Waals surface area contributed by atoms with Gasteiger partial charge in [-0.05, 0) is 56.9 Å². The quantitative estimate of drug-likeness (QED) is 0.904. The molecule has 0 spiro atoms. The Morgan fingerprint density at radius 1 is 1.38 bits per heavy atom. The number of amides is 1. The number of carbonyl (C=O) groups is 1. The first-order valence-electron chi connectivity index (χ1n) is 8.19. The summed E-state index contributed by atoms with van der Waals surface area (Å²) in [6.45, 7) is 5.02. The average molecular weight is 306 g/mol. The van der Waals surface area contributed by atoms with Gasteiger partial charge in [-0.3, -0.25) is 4.79 Å². The summed E-state index contributed by atoms with van der Waals surface area (Å²) in [6, 6.07) is 5.81. The summed E-state index contributed by atoms with van der Waals surface area (Å²) in [5, 5.41) is 5.74. The van der Waals surface area contributed by atoms with Crippen LogP contribution in [0.3, 0.4) is 0 Å². The molecule has 2 saturated heterocycles. The van der Waals surface area contributed by atoms with Gasteiger partial charge < -0.3 is 10.2 Å². The molecule has 3 nitrogen and oxygen atoms in total. The maximum absolute atomic E-state index is 12.7. The smallest absolute Gasteiger partial charge is 0.223 e. The molecule has 3 heterocycles. The topological polar surface area (TPSA) is 32.3 Å². The molecule has 2 aliphatic heterocycles. The lowest BCUT2D eigenvalue weighted by Crippen LogP contribution is -2.41. The van der Waals surface area contributed by atoms with E-state index >= 15 is 0 Å². The number of hydrogen-bond acceptors (Lipinski definition) is 3. The van der Waals surface area contributed by atoms with Crippen LogP contribution < -0.4 is 5.32 Å². The lowest BCUT2D eigenvalue weighted by Gasteiger charge is -2.32. The van der Waals surface area contributed by atoms with Gasteiger partial charge in [-0.25, -0.2) is 0 Å². The van der Waals surface area contributed by atoms with E-state index in [1.165, 1.54) is 30.6 Å². The molecule has 0 aromatic carbocycles. The third kappa shape index (κ3) is 3.67. The van der Waals surface area contributed by atoms with Crippen LogP contribution in [0.15, 0.2) is 17.5 Å². The highest BCUT2D eigenvalue weighted by Crippen LogP contribution is 2.33. The number of nitrogens with one attached hydrogen (secondary N) is 1. The summed E-state index contributed by atoms with van der Waals surface area (Å²) in [5.41, 5.74) is 0. The van der Waals surface area contributed by atoms with E-state index in [9.17, 15) is 4.79 Å². The van der Waals surface area contributed by atoms with Crippen LogP contribution in [0.2, 0.25) is 0 Å². The lowest BCUT2D eigenvalue weighted by molar-refractivity contribution is -0.134. The van der Waals surface area contributed by atoms with Crippen molar-refractivity contribution in [2.45, 2.75) is 70.6 Å². The van der Waals surface area contributed by atoms with Crippen molar-refractivity contribution in [3.8, 4) is 0 Å². The second-order valence-electron chi connectivity index (χ2n) is 6.87. The van der Waals surface area contributed by atoms with Crippen molar-refractivity contribution in [2.75, 3.05) is 0 Å². The van der Waals surface area contributed by atoms with Crippen LogP contribution in [0.4, 0.5) is 0 Å². The van der Waals surface area contributed by atoms with Gasteiger partial charge in [-0.2, -0.15) is 0 Å². The Morgan fingerprint density at radius 3 is 2.67 bits per heavy atom. The number of carbonyl (C=O) groups excluding carboxylic acids is 1. The van der Waals surface area contributed by atoms with Gasteiger partial charge in [-0.15, -0.1) is 11.3 Å². The molecule has 0 radical (unpaired) electrons. The van der Waals surface area contributed by atoms with Crippen molar-refractivity contribution in [3.05, 3.63) is 22.4 Å². The van der Waals surface area contributed by atoms with Crippen LogP contribution in [0, 0.1) is 5.92 Å². The van der Waals surface area contributed by atoms with E-state index in [1.807, 2.05) is 0 Å². The van der Waals surface area contributed by atoms with Gasteiger partial charge in [0, 0.05) is 29.4 Å². The Kier molecular flexibility index (Phi) is 4.65. The van der Waals surface area contributed by atoms with Crippen molar-refractivity contribution >= 4 is 17.2 Å². The Labute approximate surface area is 131 Å². The molecule has 2 unspecified atom stereocenters. The van der Waals surface area contributed by atoms with Crippen molar-refractivity contribution in [2.24, 2.45) is 5.92 Å². The summed E-state index contributed by atoms with van der Waals surface area (Å²) in [7, 11) is 0. The molecule has 1 aromatic heterocycles. The fraction of sp³-hybridized carbons (Fsp3) is 0.706. The maximum Gasteiger partial charge on any atom is 0.223 e. The van der Waals surface area contributed by atoms with E-state index in [1.54, 1.807) is 11.3 Å². The molecule has 21 heavy (non-hydrogen) atoms. The molecule has 1 aromatic rings. The highest BCUT2D eigenvalue weighted by molar-refractivity contribution is 7.09. The molecule has 4 heteroatoms. The summed E-state index contributed by atoms with van der Waals surface area (Å²) in [6.07, 6.45) is 5.72. The number of thiophene rings is 1. The first-order chi connectivity index (χ1) is 10.1. The zero-order valence-electron chi connectivity index (χ0n) is 13.0. The molecular formula is C17H26N2OS. The predicted octanol–water partition coefficient (Wildman–Crippen LogP) is 3.41. The SMILES string of the molecule is CC(C)N(Cc1cccs1)C(=O)CC1CC2CCC(C1)N2. The van der Waals surface area contributed by atoms with Gasteiger partial charge in [0.1, 0.15) is 0 Å². The highest BCUT2D eigenvalue weighted by atomic mass is 32.1. The van der Waals surface area contributed by atoms with E-state index in [2.05, 4.69) is 41.6 Å². The van der Waals surface area contributed by atoms with Crippen LogP contribution in [0.25, 0.3) is 0 Å². The standard InChI is InChI=1S/C17H26N2OS/c1-12(2)19(11-16-4-3-7-21-16)17(20)10-13-8-14-5-6-15(9-13)18-14/h3-4,7,12-15,18H,5-6,8-11H2,1-2H3. The van der Waals surface area contributed by atoms with Gasteiger partial charge in [0.15, 0.2) is 0 Å². The van der Waals surface area contributed by atoms with Crippen LogP contribution in [0.1, 0.15) is 50.8 Å². The fourth-order valence-electron chi connectivity index (χ4n) is 3.84. The number of nitrogens with zero attached hydrogens (tertiary/aromatic N) is 1. The summed E-state index contributed by atoms with van der Waals surface area (Å²) in [4.78, 5) is 16.1. The van der Waals surface area contributed by atoms with E-state index in [4.69, 9.17) is 0 Å². The fourth-order valence-corrected chi connectivity index (χ4v) is 4.54. The Morgan fingerprint density at radius 2 is 2.10 bits per heavy atom. The van der Waals surface area contributed by atoms with Crippen molar-refractivity contribution in [3.63, 3.8) is 0 Å². The second-order valence-corrected chi connectivity index (χ2v) is 7.91. The molecule has 2 fully saturated rings. The molecule has 0 aliphatic carbocycles. The van der Waals surface area contributed by atoms with Crippen LogP contribution in [-0.4, -0.2) is 28.9 Å². The molecule has 2 atom stereocenters. The van der Waals surface area contributed by atoms with E-state index in [0.29, 0.717) is 23.9 Å². The van der Waals surface area contributed by atoms with E-state index in [0.717, 1.165) is 13.0 Å². The first-order valence-corrected chi connectivity index (χ1v) is 9.07. The van der Waals surface area contributed by atoms with Gasteiger partial charge in [0.25, 0.3) is 0 Å². The molecular weight excluding hydrogens is 280 g/mol. The zero-order chi connectivity index (χ0) is 14.8. The van der Waals surface area contributed by atoms with Crippen LogP contribution in [0.5, 0.6) is 0 Å². The molecule has 2 aliphatic rings. The number of fused-ring (bicyclic) bond motifs is 2. The Hall–Kier alpha value is -0.870. The normalized spacial score (nSPS) is 28.0. The van der Waals surface area contributed by atoms with Gasteiger partial charge >= 0.3 is 0 Å². The number of hydrogen-bond donors (Lipinski definition) is 1. The molecule has 116 valence electrons. The largest absolute Gasteiger partial charge is 0.335 e. The maximum atomic E-state index is 12.7. The molecule has 3 rings (SSSR count).